The third-order valence-corrected chi connectivity index (χ3v) is 9.79. The van der Waals surface area contributed by atoms with Crippen LogP contribution in [-0.2, 0) is 8.85 Å². The van der Waals surface area contributed by atoms with Gasteiger partial charge in [-0.25, -0.2) is 0 Å². The molecule has 0 atom stereocenters. The van der Waals surface area contributed by atoms with Gasteiger partial charge in [-0.2, -0.15) is 0 Å². The molecular weight excluding hydrogens is 348 g/mol. The highest BCUT2D eigenvalue weighted by Crippen LogP contribution is 2.25. The summed E-state index contributed by atoms with van der Waals surface area (Å²) in [6.45, 7) is 4.57. The number of unbranched alkanes of at least 4 members (excludes halogenated alkanes) is 16. The van der Waals surface area contributed by atoms with Crippen molar-refractivity contribution >= 4 is 8.56 Å². The maximum atomic E-state index is 5.92. The molecule has 0 aromatic carbocycles. The van der Waals surface area contributed by atoms with Gasteiger partial charge < -0.3 is 8.85 Å². The lowest BCUT2D eigenvalue weighted by Gasteiger charge is -2.27. The molecule has 0 aliphatic carbocycles. The summed E-state index contributed by atoms with van der Waals surface area (Å²) in [6, 6.07) is 2.37. The van der Waals surface area contributed by atoms with Crippen molar-refractivity contribution in [2.24, 2.45) is 0 Å². The molecule has 0 rings (SSSR count). The second-order valence-corrected chi connectivity index (χ2v) is 12.1. The smallest absolute Gasteiger partial charge is 0.337 e. The SMILES string of the molecule is CCCCCCCCCCCCCCC[Si](CCCCCCC)(OC)OC. The molecule has 0 bridgehead atoms. The van der Waals surface area contributed by atoms with Crippen molar-refractivity contribution in [3.63, 3.8) is 0 Å². The summed E-state index contributed by atoms with van der Waals surface area (Å²) in [5.74, 6) is 0. The fraction of sp³-hybridized carbons (Fsp3) is 1.00. The van der Waals surface area contributed by atoms with Crippen molar-refractivity contribution in [3.8, 4) is 0 Å². The zero-order chi connectivity index (χ0) is 20.1. The molecule has 0 aromatic heterocycles. The summed E-state index contributed by atoms with van der Waals surface area (Å²) in [7, 11) is 1.85. The Hall–Kier alpha value is 0.137. The van der Waals surface area contributed by atoms with Gasteiger partial charge in [0.05, 0.1) is 0 Å². The van der Waals surface area contributed by atoms with Crippen LogP contribution in [0.15, 0.2) is 0 Å². The van der Waals surface area contributed by atoms with Crippen LogP contribution in [0, 0.1) is 0 Å². The molecule has 0 N–H and O–H groups in total. The summed E-state index contributed by atoms with van der Waals surface area (Å²) in [4.78, 5) is 0. The summed E-state index contributed by atoms with van der Waals surface area (Å²) >= 11 is 0. The first kappa shape index (κ1) is 27.1. The molecule has 27 heavy (non-hydrogen) atoms. The van der Waals surface area contributed by atoms with Crippen molar-refractivity contribution in [2.75, 3.05) is 14.2 Å². The van der Waals surface area contributed by atoms with Crippen LogP contribution in [0.3, 0.4) is 0 Å². The molecule has 0 saturated carbocycles. The number of rotatable bonds is 22. The molecule has 164 valence electrons. The Balaban J connectivity index is 3.55. The molecule has 0 radical (unpaired) electrons. The average molecular weight is 401 g/mol. The van der Waals surface area contributed by atoms with E-state index in [1.165, 1.54) is 128 Å². The minimum absolute atomic E-state index is 1.18. The van der Waals surface area contributed by atoms with Crippen LogP contribution in [-0.4, -0.2) is 22.8 Å². The third-order valence-electron chi connectivity index (χ3n) is 6.07. The normalized spacial score (nSPS) is 12.0. The molecule has 0 saturated heterocycles. The minimum Gasteiger partial charge on any atom is -0.398 e. The molecule has 0 amide bonds. The van der Waals surface area contributed by atoms with Gasteiger partial charge in [-0.3, -0.25) is 0 Å². The predicted molar refractivity (Wildman–Crippen MR) is 124 cm³/mol. The van der Waals surface area contributed by atoms with Crippen LogP contribution >= 0.6 is 0 Å². The van der Waals surface area contributed by atoms with E-state index in [4.69, 9.17) is 8.85 Å². The Morgan fingerprint density at radius 2 is 0.667 bits per heavy atom. The summed E-state index contributed by atoms with van der Waals surface area (Å²) in [5.41, 5.74) is 0. The summed E-state index contributed by atoms with van der Waals surface area (Å²) in [6.07, 6.45) is 25.1. The van der Waals surface area contributed by atoms with Crippen molar-refractivity contribution in [1.29, 1.82) is 0 Å². The van der Waals surface area contributed by atoms with E-state index in [0.717, 1.165) is 0 Å². The molecule has 0 aliphatic heterocycles. The van der Waals surface area contributed by atoms with Gasteiger partial charge in [0.1, 0.15) is 0 Å². The Labute approximate surface area is 173 Å². The molecule has 0 fully saturated rings. The lowest BCUT2D eigenvalue weighted by molar-refractivity contribution is 0.238. The Kier molecular flexibility index (Phi) is 21.0. The largest absolute Gasteiger partial charge is 0.398 e. The average Bonchev–Trinajstić information content (AvgIpc) is 2.70. The molecule has 0 heterocycles. The lowest BCUT2D eigenvalue weighted by atomic mass is 10.1. The minimum atomic E-state index is -1.90. The van der Waals surface area contributed by atoms with Gasteiger partial charge in [0.2, 0.25) is 0 Å². The van der Waals surface area contributed by atoms with Gasteiger partial charge in [-0.15, -0.1) is 0 Å². The van der Waals surface area contributed by atoms with E-state index < -0.39 is 8.56 Å². The first-order valence-corrected chi connectivity index (χ1v) is 14.6. The van der Waals surface area contributed by atoms with Gasteiger partial charge >= 0.3 is 8.56 Å². The van der Waals surface area contributed by atoms with Crippen molar-refractivity contribution in [1.82, 2.24) is 0 Å². The molecular formula is C24H52O2Si. The van der Waals surface area contributed by atoms with Crippen LogP contribution in [0.2, 0.25) is 12.1 Å². The van der Waals surface area contributed by atoms with E-state index >= 15 is 0 Å². The zero-order valence-electron chi connectivity index (χ0n) is 19.5. The highest BCUT2D eigenvalue weighted by molar-refractivity contribution is 6.67. The second-order valence-electron chi connectivity index (χ2n) is 8.48. The number of hydrogen-bond donors (Lipinski definition) is 0. The first-order chi connectivity index (χ1) is 13.2. The maximum Gasteiger partial charge on any atom is 0.337 e. The maximum absolute atomic E-state index is 5.92. The van der Waals surface area contributed by atoms with Crippen LogP contribution in [0.4, 0.5) is 0 Å². The van der Waals surface area contributed by atoms with E-state index in [1.54, 1.807) is 0 Å². The molecule has 0 aromatic rings. The van der Waals surface area contributed by atoms with Gasteiger partial charge in [0.15, 0.2) is 0 Å². The highest BCUT2D eigenvalue weighted by atomic mass is 28.4. The fourth-order valence-electron chi connectivity index (χ4n) is 4.03. The number of hydrogen-bond acceptors (Lipinski definition) is 2. The lowest BCUT2D eigenvalue weighted by Crippen LogP contribution is -2.39. The van der Waals surface area contributed by atoms with Gasteiger partial charge in [0, 0.05) is 14.2 Å². The predicted octanol–water partition coefficient (Wildman–Crippen LogP) is 8.78. The fourth-order valence-corrected chi connectivity index (χ4v) is 6.84. The standard InChI is InChI=1S/C24H52O2Si/c1-5-7-9-11-12-13-14-15-16-17-18-20-22-24-27(25-3,26-4)23-21-19-10-8-6-2/h5-24H2,1-4H3. The highest BCUT2D eigenvalue weighted by Gasteiger charge is 2.33. The quantitative estimate of drug-likeness (QED) is 0.133. The molecule has 2 nitrogen and oxygen atoms in total. The van der Waals surface area contributed by atoms with Gasteiger partial charge in [-0.05, 0) is 12.1 Å². The molecule has 3 heteroatoms. The van der Waals surface area contributed by atoms with E-state index in [9.17, 15) is 0 Å². The van der Waals surface area contributed by atoms with Crippen LogP contribution < -0.4 is 0 Å². The van der Waals surface area contributed by atoms with Crippen LogP contribution in [0.25, 0.3) is 0 Å². The van der Waals surface area contributed by atoms with E-state index in [0.29, 0.717) is 0 Å². The Bertz CT molecular complexity index is 280. The molecule has 0 unspecified atom stereocenters. The second kappa shape index (κ2) is 20.9. The Morgan fingerprint density at radius 3 is 0.926 bits per heavy atom. The Morgan fingerprint density at radius 1 is 0.407 bits per heavy atom. The van der Waals surface area contributed by atoms with Crippen LogP contribution in [0.1, 0.15) is 129 Å². The molecule has 0 spiro atoms. The summed E-state index contributed by atoms with van der Waals surface area (Å²) < 4.78 is 11.8. The van der Waals surface area contributed by atoms with E-state index in [1.807, 2.05) is 14.2 Å². The monoisotopic (exact) mass is 400 g/mol. The van der Waals surface area contributed by atoms with Crippen molar-refractivity contribution in [3.05, 3.63) is 0 Å². The van der Waals surface area contributed by atoms with Gasteiger partial charge in [0.25, 0.3) is 0 Å². The van der Waals surface area contributed by atoms with E-state index in [2.05, 4.69) is 13.8 Å². The zero-order valence-corrected chi connectivity index (χ0v) is 20.5. The van der Waals surface area contributed by atoms with Crippen molar-refractivity contribution in [2.45, 2.75) is 142 Å². The summed E-state index contributed by atoms with van der Waals surface area (Å²) in [5, 5.41) is 0. The van der Waals surface area contributed by atoms with Crippen LogP contribution in [0.5, 0.6) is 0 Å². The van der Waals surface area contributed by atoms with E-state index in [-0.39, 0.29) is 0 Å². The topological polar surface area (TPSA) is 18.5 Å². The third kappa shape index (κ3) is 16.8. The first-order valence-electron chi connectivity index (χ1n) is 12.3. The van der Waals surface area contributed by atoms with Gasteiger partial charge in [-0.1, -0.05) is 129 Å². The molecule has 0 aliphatic rings. The van der Waals surface area contributed by atoms with Crippen molar-refractivity contribution < 1.29 is 8.85 Å².